The second-order valence-electron chi connectivity index (χ2n) is 5.42. The number of nitrogens with two attached hydrogens (primary N) is 1. The number of anilines is 1. The van der Waals surface area contributed by atoms with E-state index in [9.17, 15) is 4.79 Å². The molecule has 0 radical (unpaired) electrons. The molecule has 3 N–H and O–H groups in total. The summed E-state index contributed by atoms with van der Waals surface area (Å²) in [6.07, 6.45) is 9.25. The number of aromatic nitrogens is 4. The molecule has 0 saturated heterocycles. The molecule has 3 rings (SSSR count). The maximum atomic E-state index is 12.3. The first-order chi connectivity index (χ1) is 10.2. The number of amides is 1. The van der Waals surface area contributed by atoms with Crippen molar-refractivity contribution in [3.05, 3.63) is 31.0 Å². The van der Waals surface area contributed by atoms with Gasteiger partial charge in [-0.3, -0.25) is 4.79 Å². The fourth-order valence-electron chi connectivity index (χ4n) is 2.59. The van der Waals surface area contributed by atoms with Gasteiger partial charge in [-0.15, -0.1) is 0 Å². The van der Waals surface area contributed by atoms with Crippen LogP contribution in [0.1, 0.15) is 32.1 Å². The third kappa shape index (κ3) is 2.92. The summed E-state index contributed by atoms with van der Waals surface area (Å²) in [5.41, 5.74) is 6.09. The molecule has 0 atom stereocenters. The van der Waals surface area contributed by atoms with Gasteiger partial charge < -0.3 is 11.1 Å². The van der Waals surface area contributed by atoms with Crippen LogP contribution < -0.4 is 11.1 Å². The van der Waals surface area contributed by atoms with Gasteiger partial charge in [0.25, 0.3) is 0 Å². The second kappa shape index (κ2) is 5.61. The molecular formula is C14H18N6O. The van der Waals surface area contributed by atoms with Gasteiger partial charge in [0.2, 0.25) is 5.91 Å². The third-order valence-electron chi connectivity index (χ3n) is 3.86. The quantitative estimate of drug-likeness (QED) is 0.885. The molecule has 2 heterocycles. The molecule has 0 unspecified atom stereocenters. The molecule has 0 aromatic carbocycles. The van der Waals surface area contributed by atoms with Crippen molar-refractivity contribution in [3.8, 4) is 5.82 Å². The number of carbonyl (C=O) groups excluding carboxylic acids is 1. The Morgan fingerprint density at radius 2 is 2.10 bits per heavy atom. The Morgan fingerprint density at radius 3 is 2.71 bits per heavy atom. The van der Waals surface area contributed by atoms with E-state index in [1.165, 1.54) is 6.33 Å². The summed E-state index contributed by atoms with van der Waals surface area (Å²) in [5.74, 6) is 0.517. The van der Waals surface area contributed by atoms with Gasteiger partial charge in [-0.05, 0) is 25.0 Å². The molecule has 21 heavy (non-hydrogen) atoms. The molecule has 1 aliphatic carbocycles. The molecule has 2 aromatic heterocycles. The molecule has 1 amide bonds. The Labute approximate surface area is 122 Å². The summed E-state index contributed by atoms with van der Waals surface area (Å²) in [6, 6.07) is 3.56. The lowest BCUT2D eigenvalue weighted by molar-refractivity contribution is -0.122. The molecule has 1 aliphatic rings. The van der Waals surface area contributed by atoms with Crippen molar-refractivity contribution in [3.63, 3.8) is 0 Å². The first-order valence-electron chi connectivity index (χ1n) is 7.09. The molecule has 0 aliphatic heterocycles. The molecule has 7 nitrogen and oxygen atoms in total. The highest BCUT2D eigenvalue weighted by Gasteiger charge is 2.35. The van der Waals surface area contributed by atoms with Crippen LogP contribution in [-0.2, 0) is 4.79 Å². The van der Waals surface area contributed by atoms with E-state index < -0.39 is 5.54 Å². The van der Waals surface area contributed by atoms with E-state index in [0.717, 1.165) is 32.1 Å². The maximum Gasteiger partial charge on any atom is 0.244 e. The highest BCUT2D eigenvalue weighted by Crippen LogP contribution is 2.27. The average molecular weight is 286 g/mol. The van der Waals surface area contributed by atoms with Gasteiger partial charge in [-0.1, -0.05) is 19.3 Å². The number of hydrogen-bond donors (Lipinski definition) is 2. The van der Waals surface area contributed by atoms with Crippen LogP contribution in [0.25, 0.3) is 5.82 Å². The number of nitrogens with one attached hydrogen (secondary N) is 1. The molecular weight excluding hydrogens is 268 g/mol. The number of hydrogen-bond acceptors (Lipinski definition) is 5. The predicted octanol–water partition coefficient (Wildman–Crippen LogP) is 1.26. The lowest BCUT2D eigenvalue weighted by Crippen LogP contribution is -2.52. The zero-order chi connectivity index (χ0) is 14.7. The smallest absolute Gasteiger partial charge is 0.244 e. The zero-order valence-electron chi connectivity index (χ0n) is 11.7. The van der Waals surface area contributed by atoms with Crippen LogP contribution in [0.15, 0.2) is 31.0 Å². The number of carbonyl (C=O) groups is 1. The second-order valence-corrected chi connectivity index (χ2v) is 5.42. The topological polar surface area (TPSA) is 98.7 Å². The SMILES string of the molecule is NC1(C(=O)Nc2ccc(-n3cncn3)nc2)CCCCC1. The minimum absolute atomic E-state index is 0.127. The molecule has 2 aromatic rings. The van der Waals surface area contributed by atoms with Crippen LogP contribution in [0.4, 0.5) is 5.69 Å². The molecule has 0 spiro atoms. The van der Waals surface area contributed by atoms with Crippen molar-refractivity contribution >= 4 is 11.6 Å². The average Bonchev–Trinajstić information content (AvgIpc) is 3.03. The molecule has 0 bridgehead atoms. The lowest BCUT2D eigenvalue weighted by Gasteiger charge is -2.31. The first-order valence-corrected chi connectivity index (χ1v) is 7.09. The summed E-state index contributed by atoms with van der Waals surface area (Å²) in [7, 11) is 0. The summed E-state index contributed by atoms with van der Waals surface area (Å²) in [6.45, 7) is 0. The van der Waals surface area contributed by atoms with E-state index in [0.29, 0.717) is 11.5 Å². The van der Waals surface area contributed by atoms with E-state index >= 15 is 0 Å². The minimum atomic E-state index is -0.747. The molecule has 7 heteroatoms. The van der Waals surface area contributed by atoms with Crippen LogP contribution >= 0.6 is 0 Å². The summed E-state index contributed by atoms with van der Waals surface area (Å²) in [5, 5.41) is 6.85. The van der Waals surface area contributed by atoms with Gasteiger partial charge in [0.15, 0.2) is 5.82 Å². The Morgan fingerprint density at radius 1 is 1.29 bits per heavy atom. The fraction of sp³-hybridized carbons (Fsp3) is 0.429. The van der Waals surface area contributed by atoms with Gasteiger partial charge in [-0.2, -0.15) is 5.10 Å². The van der Waals surface area contributed by atoms with E-state index in [2.05, 4.69) is 20.4 Å². The van der Waals surface area contributed by atoms with E-state index in [-0.39, 0.29) is 5.91 Å². The van der Waals surface area contributed by atoms with Crippen LogP contribution in [0.5, 0.6) is 0 Å². The standard InChI is InChI=1S/C14H18N6O/c15-14(6-2-1-3-7-14)13(21)19-11-4-5-12(17-8-11)20-10-16-9-18-20/h4-5,8-10H,1-3,6-7,15H2,(H,19,21). The van der Waals surface area contributed by atoms with Crippen LogP contribution in [0.2, 0.25) is 0 Å². The minimum Gasteiger partial charge on any atom is -0.323 e. The van der Waals surface area contributed by atoms with Crippen molar-refractivity contribution < 1.29 is 4.79 Å². The van der Waals surface area contributed by atoms with Gasteiger partial charge in [-0.25, -0.2) is 14.6 Å². The monoisotopic (exact) mass is 286 g/mol. The summed E-state index contributed by atoms with van der Waals surface area (Å²) < 4.78 is 1.55. The summed E-state index contributed by atoms with van der Waals surface area (Å²) >= 11 is 0. The third-order valence-corrected chi connectivity index (χ3v) is 3.86. The Bertz CT molecular complexity index is 601. The highest BCUT2D eigenvalue weighted by molar-refractivity contribution is 5.97. The van der Waals surface area contributed by atoms with Gasteiger partial charge in [0.05, 0.1) is 17.4 Å². The Hall–Kier alpha value is -2.28. The fourth-order valence-corrected chi connectivity index (χ4v) is 2.59. The number of pyridine rings is 1. The van der Waals surface area contributed by atoms with Crippen LogP contribution in [0, 0.1) is 0 Å². The normalized spacial score (nSPS) is 17.4. The zero-order valence-corrected chi connectivity index (χ0v) is 11.7. The van der Waals surface area contributed by atoms with Crippen molar-refractivity contribution in [1.82, 2.24) is 19.7 Å². The largest absolute Gasteiger partial charge is 0.323 e. The summed E-state index contributed by atoms with van der Waals surface area (Å²) in [4.78, 5) is 20.4. The predicted molar refractivity (Wildman–Crippen MR) is 77.8 cm³/mol. The maximum absolute atomic E-state index is 12.3. The molecule has 110 valence electrons. The number of nitrogens with zero attached hydrogens (tertiary/aromatic N) is 4. The van der Waals surface area contributed by atoms with Crippen molar-refractivity contribution in [1.29, 1.82) is 0 Å². The van der Waals surface area contributed by atoms with Crippen LogP contribution in [-0.4, -0.2) is 31.2 Å². The van der Waals surface area contributed by atoms with Crippen molar-refractivity contribution in [2.24, 2.45) is 5.73 Å². The number of rotatable bonds is 3. The first kappa shape index (κ1) is 13.7. The van der Waals surface area contributed by atoms with Crippen LogP contribution in [0.3, 0.4) is 0 Å². The lowest BCUT2D eigenvalue weighted by atomic mass is 9.82. The van der Waals surface area contributed by atoms with E-state index in [1.807, 2.05) is 0 Å². The Kier molecular flexibility index (Phi) is 3.66. The Balaban J connectivity index is 1.69. The van der Waals surface area contributed by atoms with E-state index in [1.54, 1.807) is 29.3 Å². The van der Waals surface area contributed by atoms with Gasteiger partial charge in [0, 0.05) is 0 Å². The van der Waals surface area contributed by atoms with Crippen molar-refractivity contribution in [2.75, 3.05) is 5.32 Å². The highest BCUT2D eigenvalue weighted by atomic mass is 16.2. The van der Waals surface area contributed by atoms with Gasteiger partial charge >= 0.3 is 0 Å². The molecule has 1 fully saturated rings. The molecule has 1 saturated carbocycles. The van der Waals surface area contributed by atoms with Crippen molar-refractivity contribution in [2.45, 2.75) is 37.6 Å². The van der Waals surface area contributed by atoms with E-state index in [4.69, 9.17) is 5.73 Å². The van der Waals surface area contributed by atoms with Gasteiger partial charge in [0.1, 0.15) is 12.7 Å².